The van der Waals surface area contributed by atoms with Crippen molar-refractivity contribution in [1.82, 2.24) is 0 Å². The molecule has 1 amide bonds. The molecule has 6 heteroatoms. The molecule has 3 aromatic carbocycles. The first kappa shape index (κ1) is 21.5. The number of benzene rings is 3. The Kier molecular flexibility index (Phi) is 7.05. The number of rotatable bonds is 7. The van der Waals surface area contributed by atoms with E-state index in [2.05, 4.69) is 51.9 Å². The van der Waals surface area contributed by atoms with Crippen molar-refractivity contribution < 1.29 is 9.53 Å². The fraction of sp³-hybridized carbons (Fsp3) is 0.192. The van der Waals surface area contributed by atoms with Crippen molar-refractivity contribution >= 4 is 34.7 Å². The summed E-state index contributed by atoms with van der Waals surface area (Å²) in [5.74, 6) is -0.214. The summed E-state index contributed by atoms with van der Waals surface area (Å²) < 4.78 is 5.41. The number of nitrogens with one attached hydrogen (secondary N) is 2. The largest absolute Gasteiger partial charge is 0.397 e. The predicted octanol–water partition coefficient (Wildman–Crippen LogP) is 4.37. The first-order valence-corrected chi connectivity index (χ1v) is 10.8. The van der Waals surface area contributed by atoms with Crippen LogP contribution in [0.5, 0.6) is 0 Å². The van der Waals surface area contributed by atoms with E-state index in [1.54, 1.807) is 18.2 Å². The summed E-state index contributed by atoms with van der Waals surface area (Å²) >= 11 is 0. The first-order chi connectivity index (χ1) is 15.7. The van der Waals surface area contributed by atoms with Crippen molar-refractivity contribution in [1.29, 1.82) is 0 Å². The van der Waals surface area contributed by atoms with Crippen LogP contribution in [0.3, 0.4) is 0 Å². The number of amides is 1. The minimum absolute atomic E-state index is 0.214. The SMILES string of the molecule is Nc1ccccc1NC(=O)/C=C/c1ccc(CNc2ccc(N3CCOCC3)cc2)cc1. The number of hydrogen-bond acceptors (Lipinski definition) is 5. The van der Waals surface area contributed by atoms with E-state index in [1.165, 1.54) is 17.3 Å². The van der Waals surface area contributed by atoms with Crippen molar-refractivity contribution in [2.45, 2.75) is 6.54 Å². The lowest BCUT2D eigenvalue weighted by atomic mass is 10.1. The average molecular weight is 429 g/mol. The number of anilines is 4. The number of para-hydroxylation sites is 2. The molecule has 0 bridgehead atoms. The number of hydrogen-bond donors (Lipinski definition) is 3. The summed E-state index contributed by atoms with van der Waals surface area (Å²) in [5.41, 5.74) is 11.5. The monoisotopic (exact) mass is 428 g/mol. The molecule has 3 aromatic rings. The van der Waals surface area contributed by atoms with Crippen molar-refractivity contribution in [2.24, 2.45) is 0 Å². The van der Waals surface area contributed by atoms with Gasteiger partial charge in [0.05, 0.1) is 24.6 Å². The molecule has 1 aliphatic heterocycles. The van der Waals surface area contributed by atoms with E-state index in [0.717, 1.165) is 44.1 Å². The molecule has 0 spiro atoms. The van der Waals surface area contributed by atoms with Gasteiger partial charge in [-0.1, -0.05) is 36.4 Å². The summed E-state index contributed by atoms with van der Waals surface area (Å²) in [4.78, 5) is 14.5. The van der Waals surface area contributed by atoms with E-state index in [0.29, 0.717) is 11.4 Å². The molecule has 0 saturated carbocycles. The highest BCUT2D eigenvalue weighted by Crippen LogP contribution is 2.20. The fourth-order valence-corrected chi connectivity index (χ4v) is 3.52. The molecule has 1 aliphatic rings. The summed E-state index contributed by atoms with van der Waals surface area (Å²) in [7, 11) is 0. The second kappa shape index (κ2) is 10.5. The van der Waals surface area contributed by atoms with E-state index in [-0.39, 0.29) is 5.91 Å². The third-order valence-corrected chi connectivity index (χ3v) is 5.37. The van der Waals surface area contributed by atoms with Gasteiger partial charge in [0.1, 0.15) is 0 Å². The van der Waals surface area contributed by atoms with E-state index < -0.39 is 0 Å². The molecule has 4 N–H and O–H groups in total. The van der Waals surface area contributed by atoms with Crippen molar-refractivity contribution in [3.8, 4) is 0 Å². The molecule has 32 heavy (non-hydrogen) atoms. The van der Waals surface area contributed by atoms with Crippen LogP contribution in [0.4, 0.5) is 22.7 Å². The Morgan fingerprint density at radius 1 is 0.969 bits per heavy atom. The molecule has 0 aliphatic carbocycles. The minimum Gasteiger partial charge on any atom is -0.397 e. The maximum atomic E-state index is 12.1. The maximum absolute atomic E-state index is 12.1. The molecule has 6 nitrogen and oxygen atoms in total. The Morgan fingerprint density at radius 3 is 2.41 bits per heavy atom. The number of ether oxygens (including phenoxy) is 1. The molecule has 4 rings (SSSR count). The van der Waals surface area contributed by atoms with Gasteiger partial charge in [-0.3, -0.25) is 4.79 Å². The van der Waals surface area contributed by atoms with Crippen LogP contribution in [0, 0.1) is 0 Å². The molecule has 0 unspecified atom stereocenters. The van der Waals surface area contributed by atoms with Gasteiger partial charge in [0.15, 0.2) is 0 Å². The third kappa shape index (κ3) is 5.89. The highest BCUT2D eigenvalue weighted by molar-refractivity contribution is 6.03. The van der Waals surface area contributed by atoms with E-state index in [1.807, 2.05) is 24.3 Å². The lowest BCUT2D eigenvalue weighted by molar-refractivity contribution is -0.111. The van der Waals surface area contributed by atoms with Gasteiger partial charge < -0.3 is 26.0 Å². The van der Waals surface area contributed by atoms with Crippen LogP contribution in [-0.2, 0) is 16.1 Å². The quantitative estimate of drug-likeness (QED) is 0.385. The van der Waals surface area contributed by atoms with Gasteiger partial charge in [-0.15, -0.1) is 0 Å². The standard InChI is InChI=1S/C26H28N4O2/c27-24-3-1-2-4-25(24)29-26(31)14-9-20-5-7-21(8-6-20)19-28-22-10-12-23(13-11-22)30-15-17-32-18-16-30/h1-14,28H,15-19,27H2,(H,29,31)/b14-9+. The molecule has 0 aromatic heterocycles. The summed E-state index contributed by atoms with van der Waals surface area (Å²) in [6, 6.07) is 23.8. The van der Waals surface area contributed by atoms with Crippen molar-refractivity contribution in [2.75, 3.05) is 47.6 Å². The number of morpholine rings is 1. The molecule has 164 valence electrons. The number of carbonyl (C=O) groups excluding carboxylic acids is 1. The van der Waals surface area contributed by atoms with Gasteiger partial charge >= 0.3 is 0 Å². The van der Waals surface area contributed by atoms with Gasteiger partial charge in [0.2, 0.25) is 5.91 Å². The highest BCUT2D eigenvalue weighted by Gasteiger charge is 2.10. The number of carbonyl (C=O) groups is 1. The van der Waals surface area contributed by atoms with Crippen LogP contribution >= 0.6 is 0 Å². The molecule has 0 atom stereocenters. The molecule has 1 saturated heterocycles. The number of nitrogens with two attached hydrogens (primary N) is 1. The van der Waals surface area contributed by atoms with E-state index in [9.17, 15) is 4.79 Å². The van der Waals surface area contributed by atoms with Crippen LogP contribution < -0.4 is 21.3 Å². The van der Waals surface area contributed by atoms with Crippen molar-refractivity contribution in [3.05, 3.63) is 90.0 Å². The summed E-state index contributed by atoms with van der Waals surface area (Å²) in [6.07, 6.45) is 3.30. The normalized spacial score (nSPS) is 13.8. The lowest BCUT2D eigenvalue weighted by Crippen LogP contribution is -2.36. The highest BCUT2D eigenvalue weighted by atomic mass is 16.5. The van der Waals surface area contributed by atoms with Crippen LogP contribution in [0.15, 0.2) is 78.9 Å². The minimum atomic E-state index is -0.214. The van der Waals surface area contributed by atoms with Crippen LogP contribution in [-0.4, -0.2) is 32.2 Å². The lowest BCUT2D eigenvalue weighted by Gasteiger charge is -2.28. The molecule has 1 heterocycles. The van der Waals surface area contributed by atoms with Crippen LogP contribution in [0.2, 0.25) is 0 Å². The molecule has 0 radical (unpaired) electrons. The summed E-state index contributed by atoms with van der Waals surface area (Å²) in [5, 5.41) is 6.24. The van der Waals surface area contributed by atoms with Gasteiger partial charge in [0, 0.05) is 37.1 Å². The van der Waals surface area contributed by atoms with Gasteiger partial charge in [0.25, 0.3) is 0 Å². The average Bonchev–Trinajstić information content (AvgIpc) is 2.84. The maximum Gasteiger partial charge on any atom is 0.248 e. The van der Waals surface area contributed by atoms with E-state index in [4.69, 9.17) is 10.5 Å². The Morgan fingerprint density at radius 2 is 1.69 bits per heavy atom. The fourth-order valence-electron chi connectivity index (χ4n) is 3.52. The zero-order valence-electron chi connectivity index (χ0n) is 18.0. The Labute approximate surface area is 188 Å². The Bertz CT molecular complexity index is 1060. The predicted molar refractivity (Wildman–Crippen MR) is 132 cm³/mol. The topological polar surface area (TPSA) is 79.6 Å². The smallest absolute Gasteiger partial charge is 0.248 e. The van der Waals surface area contributed by atoms with Crippen molar-refractivity contribution in [3.63, 3.8) is 0 Å². The molecule has 1 fully saturated rings. The second-order valence-corrected chi connectivity index (χ2v) is 7.65. The van der Waals surface area contributed by atoms with Gasteiger partial charge in [-0.2, -0.15) is 0 Å². The van der Waals surface area contributed by atoms with Crippen LogP contribution in [0.25, 0.3) is 6.08 Å². The summed E-state index contributed by atoms with van der Waals surface area (Å²) in [6.45, 7) is 4.19. The Hall–Kier alpha value is -3.77. The first-order valence-electron chi connectivity index (χ1n) is 10.8. The Balaban J connectivity index is 1.27. The zero-order chi connectivity index (χ0) is 22.2. The molecular formula is C26H28N4O2. The zero-order valence-corrected chi connectivity index (χ0v) is 18.0. The van der Waals surface area contributed by atoms with Crippen LogP contribution in [0.1, 0.15) is 11.1 Å². The van der Waals surface area contributed by atoms with E-state index >= 15 is 0 Å². The van der Waals surface area contributed by atoms with Gasteiger partial charge in [-0.25, -0.2) is 0 Å². The second-order valence-electron chi connectivity index (χ2n) is 7.65. The number of nitrogen functional groups attached to an aromatic ring is 1. The molecular weight excluding hydrogens is 400 g/mol. The number of nitrogens with zero attached hydrogens (tertiary/aromatic N) is 1. The van der Waals surface area contributed by atoms with Gasteiger partial charge in [-0.05, 0) is 53.6 Å². The third-order valence-electron chi connectivity index (χ3n) is 5.37.